The number of unbranched alkanes of at least 4 members (excludes halogenated alkanes) is 2. The molecular formula is C30H38BrNO7. The van der Waals surface area contributed by atoms with Crippen LogP contribution in [0.5, 0.6) is 5.75 Å². The highest BCUT2D eigenvalue weighted by Crippen LogP contribution is 2.49. The number of amides is 2. The number of rotatable bonds is 13. The van der Waals surface area contributed by atoms with Gasteiger partial charge in [-0.05, 0) is 67.9 Å². The summed E-state index contributed by atoms with van der Waals surface area (Å²) in [6.07, 6.45) is 7.31. The number of aliphatic hydroxyl groups is 1. The van der Waals surface area contributed by atoms with Gasteiger partial charge in [0.2, 0.25) is 11.8 Å². The molecule has 2 amide bonds. The maximum Gasteiger partial charge on any atom is 0.303 e. The quantitative estimate of drug-likeness (QED) is 0.163. The van der Waals surface area contributed by atoms with E-state index in [2.05, 4.69) is 22.9 Å². The third-order valence-corrected chi connectivity index (χ3v) is 8.70. The second-order valence-corrected chi connectivity index (χ2v) is 11.7. The maximum atomic E-state index is 13.4. The number of imide groups is 1. The van der Waals surface area contributed by atoms with Crippen LogP contribution in [-0.2, 0) is 19.1 Å². The zero-order valence-corrected chi connectivity index (χ0v) is 24.0. The zero-order valence-electron chi connectivity index (χ0n) is 22.4. The lowest BCUT2D eigenvalue weighted by molar-refractivity contribution is -0.141. The van der Waals surface area contributed by atoms with E-state index >= 15 is 0 Å². The van der Waals surface area contributed by atoms with Crippen LogP contribution >= 0.6 is 15.9 Å². The van der Waals surface area contributed by atoms with Crippen molar-refractivity contribution >= 4 is 39.8 Å². The SMILES string of the molecule is CCC/C(=C\c1cc(Br)ccc1O)CC[C@H]1OC[C@H]2C1=C(CO)C[C@H]1C(=O)N(CCCCCC(=O)O)C(=O)[C@H]12. The van der Waals surface area contributed by atoms with Gasteiger partial charge in [-0.1, -0.05) is 47.3 Å². The monoisotopic (exact) mass is 603 g/mol. The third-order valence-electron chi connectivity index (χ3n) is 8.21. The molecule has 39 heavy (non-hydrogen) atoms. The first-order valence-electron chi connectivity index (χ1n) is 13.9. The highest BCUT2D eigenvalue weighted by Gasteiger charge is 2.56. The lowest BCUT2D eigenvalue weighted by Gasteiger charge is -2.31. The number of halogens is 1. The summed E-state index contributed by atoms with van der Waals surface area (Å²) in [5.41, 5.74) is 3.76. The number of aliphatic carboxylic acids is 1. The van der Waals surface area contributed by atoms with E-state index in [-0.39, 0.29) is 42.6 Å². The van der Waals surface area contributed by atoms with E-state index in [1.54, 1.807) is 12.1 Å². The van der Waals surface area contributed by atoms with Gasteiger partial charge in [0.1, 0.15) is 5.75 Å². The van der Waals surface area contributed by atoms with Gasteiger partial charge in [-0.2, -0.15) is 0 Å². The van der Waals surface area contributed by atoms with Crippen molar-refractivity contribution in [1.29, 1.82) is 0 Å². The molecule has 9 heteroatoms. The summed E-state index contributed by atoms with van der Waals surface area (Å²) < 4.78 is 7.12. The van der Waals surface area contributed by atoms with Crippen LogP contribution in [0.2, 0.25) is 0 Å². The van der Waals surface area contributed by atoms with E-state index in [9.17, 15) is 24.6 Å². The largest absolute Gasteiger partial charge is 0.507 e. The Kier molecular flexibility index (Phi) is 10.0. The summed E-state index contributed by atoms with van der Waals surface area (Å²) in [6, 6.07) is 5.36. The smallest absolute Gasteiger partial charge is 0.303 e. The first-order chi connectivity index (χ1) is 18.7. The first kappa shape index (κ1) is 29.5. The average Bonchev–Trinajstić information content (AvgIpc) is 3.43. The molecule has 2 heterocycles. The molecule has 2 aliphatic heterocycles. The van der Waals surface area contributed by atoms with Gasteiger partial charge < -0.3 is 20.1 Å². The fourth-order valence-corrected chi connectivity index (χ4v) is 6.77. The van der Waals surface area contributed by atoms with Gasteiger partial charge in [0.25, 0.3) is 0 Å². The number of hydrogen-bond acceptors (Lipinski definition) is 6. The summed E-state index contributed by atoms with van der Waals surface area (Å²) in [4.78, 5) is 38.7. The highest BCUT2D eigenvalue weighted by atomic mass is 79.9. The molecule has 0 spiro atoms. The molecule has 2 fully saturated rings. The molecule has 0 aromatic heterocycles. The standard InChI is InChI=1S/C30H38BrNO7/c1-2-6-18(13-19-14-21(31)9-10-24(19)34)8-11-25-27-20(16-33)15-22-28(23(27)17-39-25)30(38)32(29(22)37)12-5-3-4-7-26(35)36/h9-10,13-14,22-23,25,28,33-34H,2-8,11-12,15-17H2,1H3,(H,35,36)/b18-13+/t22-,23+,25-,28-/m1/s1. The Morgan fingerprint density at radius 1 is 1.13 bits per heavy atom. The highest BCUT2D eigenvalue weighted by molar-refractivity contribution is 9.10. The molecular weight excluding hydrogens is 566 g/mol. The fourth-order valence-electron chi connectivity index (χ4n) is 6.40. The Morgan fingerprint density at radius 2 is 1.92 bits per heavy atom. The van der Waals surface area contributed by atoms with E-state index < -0.39 is 17.8 Å². The Hall–Kier alpha value is -2.49. The molecule has 1 aliphatic carbocycles. The number of aromatic hydroxyl groups is 1. The molecule has 1 aromatic rings. The predicted molar refractivity (Wildman–Crippen MR) is 150 cm³/mol. The number of benzene rings is 1. The van der Waals surface area contributed by atoms with E-state index in [1.165, 1.54) is 10.5 Å². The van der Waals surface area contributed by atoms with Crippen LogP contribution in [-0.4, -0.2) is 63.9 Å². The molecule has 8 nitrogen and oxygen atoms in total. The van der Waals surface area contributed by atoms with Crippen LogP contribution < -0.4 is 0 Å². The normalized spacial score (nSPS) is 24.9. The van der Waals surface area contributed by atoms with E-state index in [0.717, 1.165) is 40.4 Å². The number of hydrogen-bond donors (Lipinski definition) is 3. The van der Waals surface area contributed by atoms with Gasteiger partial charge in [-0.25, -0.2) is 0 Å². The van der Waals surface area contributed by atoms with Crippen LogP contribution in [0.4, 0.5) is 0 Å². The van der Waals surface area contributed by atoms with Crippen molar-refractivity contribution in [1.82, 2.24) is 4.90 Å². The average molecular weight is 605 g/mol. The van der Waals surface area contributed by atoms with Crippen molar-refractivity contribution in [2.75, 3.05) is 19.8 Å². The van der Waals surface area contributed by atoms with Gasteiger partial charge in [-0.3, -0.25) is 19.3 Å². The first-order valence-corrected chi connectivity index (χ1v) is 14.7. The van der Waals surface area contributed by atoms with Crippen LogP contribution in [0.25, 0.3) is 6.08 Å². The molecule has 2 saturated heterocycles. The number of fused-ring (bicyclic) bond motifs is 3. The molecule has 4 rings (SSSR count). The lowest BCUT2D eigenvalue weighted by atomic mass is 9.69. The predicted octanol–water partition coefficient (Wildman–Crippen LogP) is 5.07. The summed E-state index contributed by atoms with van der Waals surface area (Å²) in [6.45, 7) is 2.62. The minimum Gasteiger partial charge on any atom is -0.507 e. The maximum absolute atomic E-state index is 13.4. The van der Waals surface area contributed by atoms with Crippen LogP contribution in [0, 0.1) is 17.8 Å². The summed E-state index contributed by atoms with van der Waals surface area (Å²) >= 11 is 3.47. The van der Waals surface area contributed by atoms with Crippen LogP contribution in [0.3, 0.4) is 0 Å². The molecule has 0 radical (unpaired) electrons. The number of phenolic OH excluding ortho intramolecular Hbond substituents is 1. The zero-order chi connectivity index (χ0) is 28.1. The van der Waals surface area contributed by atoms with Crippen molar-refractivity contribution in [3.63, 3.8) is 0 Å². The van der Waals surface area contributed by atoms with Crippen LogP contribution in [0.1, 0.15) is 70.3 Å². The molecule has 1 aromatic carbocycles. The molecule has 3 aliphatic rings. The van der Waals surface area contributed by atoms with Crippen LogP contribution in [0.15, 0.2) is 39.4 Å². The number of carbonyl (C=O) groups is 3. The minimum absolute atomic E-state index is 0.0836. The lowest BCUT2D eigenvalue weighted by Crippen LogP contribution is -2.35. The Bertz CT molecular complexity index is 1160. The number of aliphatic hydroxyl groups excluding tert-OH is 1. The van der Waals surface area contributed by atoms with Gasteiger partial charge >= 0.3 is 5.97 Å². The number of nitrogens with zero attached hydrogens (tertiary/aromatic N) is 1. The number of ether oxygens (including phenoxy) is 1. The van der Waals surface area contributed by atoms with Gasteiger partial charge in [0.15, 0.2) is 0 Å². The number of carboxylic acids is 1. The fraction of sp³-hybridized carbons (Fsp3) is 0.567. The second kappa shape index (κ2) is 13.2. The van der Waals surface area contributed by atoms with Crippen molar-refractivity contribution in [2.45, 2.75) is 70.8 Å². The number of allylic oxidation sites excluding steroid dienone is 1. The number of carbonyl (C=O) groups excluding carboxylic acids is 2. The van der Waals surface area contributed by atoms with Crippen molar-refractivity contribution < 1.29 is 34.4 Å². The number of phenols is 1. The molecule has 0 bridgehead atoms. The van der Waals surface area contributed by atoms with Crippen molar-refractivity contribution in [3.8, 4) is 5.75 Å². The molecule has 4 atom stereocenters. The minimum atomic E-state index is -0.844. The van der Waals surface area contributed by atoms with Crippen molar-refractivity contribution in [2.24, 2.45) is 17.8 Å². The van der Waals surface area contributed by atoms with Gasteiger partial charge in [0, 0.05) is 28.9 Å². The summed E-state index contributed by atoms with van der Waals surface area (Å²) in [7, 11) is 0. The van der Waals surface area contributed by atoms with E-state index in [0.29, 0.717) is 45.3 Å². The molecule has 3 N–H and O–H groups in total. The summed E-state index contributed by atoms with van der Waals surface area (Å²) in [5, 5.41) is 29.4. The Morgan fingerprint density at radius 3 is 2.64 bits per heavy atom. The van der Waals surface area contributed by atoms with E-state index in [4.69, 9.17) is 9.84 Å². The third kappa shape index (κ3) is 6.64. The molecule has 0 unspecified atom stereocenters. The topological polar surface area (TPSA) is 124 Å². The van der Waals surface area contributed by atoms with E-state index in [1.807, 2.05) is 12.1 Å². The van der Waals surface area contributed by atoms with Gasteiger partial charge in [-0.15, -0.1) is 0 Å². The van der Waals surface area contributed by atoms with Gasteiger partial charge in [0.05, 0.1) is 31.2 Å². The number of carboxylic acid groups (broad SMARTS) is 1. The molecule has 212 valence electrons. The summed E-state index contributed by atoms with van der Waals surface area (Å²) in [5.74, 6) is -2.10. The Balaban J connectivity index is 1.45. The molecule has 0 saturated carbocycles. The Labute approximate surface area is 237 Å². The van der Waals surface area contributed by atoms with Crippen molar-refractivity contribution in [3.05, 3.63) is 45.0 Å². The second-order valence-electron chi connectivity index (χ2n) is 10.8. The number of likely N-dealkylation sites (tertiary alicyclic amines) is 1.